The molecule has 2 rings (SSSR count). The van der Waals surface area contributed by atoms with Gasteiger partial charge in [0.05, 0.1) is 0 Å². The Hall–Kier alpha value is -1.62. The molecule has 0 bridgehead atoms. The van der Waals surface area contributed by atoms with Crippen molar-refractivity contribution in [1.82, 2.24) is 4.98 Å². The number of rotatable bonds is 2. The summed E-state index contributed by atoms with van der Waals surface area (Å²) in [7, 11) is 0. The smallest absolute Gasteiger partial charge is 0.358 e. The van der Waals surface area contributed by atoms with Crippen molar-refractivity contribution in [2.24, 2.45) is 5.73 Å². The molecule has 1 heterocycles. The second kappa shape index (κ2) is 6.43. The van der Waals surface area contributed by atoms with Gasteiger partial charge in [-0.1, -0.05) is 19.3 Å². The van der Waals surface area contributed by atoms with Crippen molar-refractivity contribution in [3.05, 3.63) is 23.5 Å². The highest BCUT2D eigenvalue weighted by atomic mass is 16.4. The van der Waals surface area contributed by atoms with E-state index in [4.69, 9.17) is 10.8 Å². The fraction of sp³-hybridized carbons (Fsp3) is 0.625. The maximum Gasteiger partial charge on any atom is 0.358 e. The van der Waals surface area contributed by atoms with Crippen molar-refractivity contribution in [3.63, 3.8) is 0 Å². The summed E-state index contributed by atoms with van der Waals surface area (Å²) < 4.78 is 0. The Morgan fingerprint density at radius 1 is 1.33 bits per heavy atom. The molecule has 0 aromatic carbocycles. The summed E-state index contributed by atoms with van der Waals surface area (Å²) >= 11 is 0. The molecule has 1 aliphatic carbocycles. The number of aromatic nitrogens is 1. The Labute approximate surface area is 125 Å². The second-order valence-electron chi connectivity index (χ2n) is 6.43. The number of carboxylic acids is 1. The topological polar surface area (TPSA) is 96.4 Å². The van der Waals surface area contributed by atoms with Crippen LogP contribution in [0.15, 0.2) is 12.3 Å². The number of carboxylic acid groups (broad SMARTS) is 1. The van der Waals surface area contributed by atoms with Gasteiger partial charge < -0.3 is 15.9 Å². The zero-order chi connectivity index (χ0) is 15.5. The number of aromatic carboxylic acids is 1. The van der Waals surface area contributed by atoms with E-state index < -0.39 is 5.97 Å². The van der Waals surface area contributed by atoms with Crippen molar-refractivity contribution in [2.75, 3.05) is 0 Å². The molecule has 116 valence electrons. The van der Waals surface area contributed by atoms with Crippen molar-refractivity contribution in [1.29, 1.82) is 0 Å². The largest absolute Gasteiger partial charge is 0.505 e. The zero-order valence-electron chi connectivity index (χ0n) is 12.5. The number of pyridine rings is 1. The van der Waals surface area contributed by atoms with Crippen molar-refractivity contribution in [2.45, 2.75) is 63.3 Å². The van der Waals surface area contributed by atoms with E-state index in [1.165, 1.54) is 0 Å². The summed E-state index contributed by atoms with van der Waals surface area (Å²) in [5, 5.41) is 18.7. The predicted octanol–water partition coefficient (Wildman–Crippen LogP) is 3.03. The number of carbonyl (C=O) groups is 1. The third-order valence-electron chi connectivity index (χ3n) is 4.41. The van der Waals surface area contributed by atoms with Gasteiger partial charge >= 0.3 is 5.97 Å². The van der Waals surface area contributed by atoms with E-state index in [2.05, 4.69) is 11.9 Å². The molecule has 0 amide bonds. The first-order chi connectivity index (χ1) is 9.89. The summed E-state index contributed by atoms with van der Waals surface area (Å²) in [6.45, 7) is 2.11. The minimum Gasteiger partial charge on any atom is -0.505 e. The van der Waals surface area contributed by atoms with Gasteiger partial charge in [0.25, 0.3) is 0 Å². The lowest BCUT2D eigenvalue weighted by atomic mass is 9.89. The molecule has 5 nitrogen and oxygen atoms in total. The molecule has 1 aromatic heterocycles. The molecule has 2 atom stereocenters. The summed E-state index contributed by atoms with van der Waals surface area (Å²) in [6, 6.07) is 1.56. The average Bonchev–Trinajstić information content (AvgIpc) is 2.48. The maximum atomic E-state index is 10.9. The Kier molecular flexibility index (Phi) is 4.83. The van der Waals surface area contributed by atoms with Crippen molar-refractivity contribution >= 4 is 5.97 Å². The van der Waals surface area contributed by atoms with E-state index in [9.17, 15) is 9.90 Å². The van der Waals surface area contributed by atoms with E-state index in [1.54, 1.807) is 12.3 Å². The molecule has 0 radical (unpaired) electrons. The van der Waals surface area contributed by atoms with Gasteiger partial charge in [0.2, 0.25) is 0 Å². The van der Waals surface area contributed by atoms with Crippen LogP contribution in [0.4, 0.5) is 0 Å². The molecular weight excluding hydrogens is 268 g/mol. The molecule has 1 fully saturated rings. The third-order valence-corrected chi connectivity index (χ3v) is 4.41. The maximum absolute atomic E-state index is 10.9. The molecule has 21 heavy (non-hydrogen) atoms. The minimum atomic E-state index is -1.20. The first-order valence-corrected chi connectivity index (χ1v) is 7.60. The van der Waals surface area contributed by atoms with Crippen LogP contribution in [0, 0.1) is 0 Å². The summed E-state index contributed by atoms with van der Waals surface area (Å²) in [6.07, 6.45) is 8.91. The fourth-order valence-electron chi connectivity index (χ4n) is 3.13. The molecule has 0 spiro atoms. The number of nitrogens with two attached hydrogens (primary N) is 1. The van der Waals surface area contributed by atoms with E-state index in [0.717, 1.165) is 50.5 Å². The average molecular weight is 292 g/mol. The van der Waals surface area contributed by atoms with Gasteiger partial charge in [0.1, 0.15) is 5.75 Å². The predicted molar refractivity (Wildman–Crippen MR) is 80.5 cm³/mol. The monoisotopic (exact) mass is 292 g/mol. The van der Waals surface area contributed by atoms with Gasteiger partial charge in [0, 0.05) is 11.7 Å². The highest BCUT2D eigenvalue weighted by molar-refractivity contribution is 5.88. The Balaban J connectivity index is 2.13. The molecule has 1 aliphatic rings. The highest BCUT2D eigenvalue weighted by Crippen LogP contribution is 2.33. The van der Waals surface area contributed by atoms with Gasteiger partial charge in [-0.2, -0.15) is 0 Å². The van der Waals surface area contributed by atoms with Gasteiger partial charge in [0.15, 0.2) is 5.69 Å². The Morgan fingerprint density at radius 3 is 2.67 bits per heavy atom. The van der Waals surface area contributed by atoms with E-state index >= 15 is 0 Å². The number of nitrogens with zero attached hydrogens (tertiary/aromatic N) is 1. The summed E-state index contributed by atoms with van der Waals surface area (Å²) in [5.41, 5.74) is 6.83. The lowest BCUT2D eigenvalue weighted by molar-refractivity contribution is 0.0687. The lowest BCUT2D eigenvalue weighted by Gasteiger charge is -2.23. The first kappa shape index (κ1) is 15.8. The second-order valence-corrected chi connectivity index (χ2v) is 6.43. The number of hydrogen-bond donors (Lipinski definition) is 3. The molecular formula is C16H24N2O3. The van der Waals surface area contributed by atoms with E-state index in [1.807, 2.05) is 0 Å². The molecule has 2 unspecified atom stereocenters. The van der Waals surface area contributed by atoms with Crippen molar-refractivity contribution < 1.29 is 15.0 Å². The SMILES string of the molecule is CC1(N)CCCCC(c2cnc(C(=O)O)c(O)c2)CCC1. The van der Waals surface area contributed by atoms with Crippen LogP contribution in [0.3, 0.4) is 0 Å². The normalized spacial score (nSPS) is 27.4. The van der Waals surface area contributed by atoms with Gasteiger partial charge in [-0.15, -0.1) is 0 Å². The van der Waals surface area contributed by atoms with Crippen LogP contribution in [-0.2, 0) is 0 Å². The van der Waals surface area contributed by atoms with Crippen LogP contribution in [0.2, 0.25) is 0 Å². The van der Waals surface area contributed by atoms with Crippen molar-refractivity contribution in [3.8, 4) is 5.75 Å². The van der Waals surface area contributed by atoms with Gasteiger partial charge in [-0.25, -0.2) is 9.78 Å². The number of aromatic hydroxyl groups is 1. The molecule has 0 aliphatic heterocycles. The minimum absolute atomic E-state index is 0.0809. The van der Waals surface area contributed by atoms with Crippen LogP contribution in [0.5, 0.6) is 5.75 Å². The summed E-state index contributed by atoms with van der Waals surface area (Å²) in [5.74, 6) is -1.13. The van der Waals surface area contributed by atoms with Gasteiger partial charge in [-0.05, 0) is 50.2 Å². The quantitative estimate of drug-likeness (QED) is 0.778. The fourth-order valence-corrected chi connectivity index (χ4v) is 3.13. The first-order valence-electron chi connectivity index (χ1n) is 7.60. The van der Waals surface area contributed by atoms with Crippen LogP contribution >= 0.6 is 0 Å². The van der Waals surface area contributed by atoms with Gasteiger partial charge in [-0.3, -0.25) is 0 Å². The van der Waals surface area contributed by atoms with E-state index in [0.29, 0.717) is 5.92 Å². The molecule has 1 saturated carbocycles. The van der Waals surface area contributed by atoms with Crippen LogP contribution in [0.25, 0.3) is 0 Å². The van der Waals surface area contributed by atoms with Crippen LogP contribution < -0.4 is 5.73 Å². The Bertz CT molecular complexity index is 514. The number of hydrogen-bond acceptors (Lipinski definition) is 4. The van der Waals surface area contributed by atoms with Crippen LogP contribution in [-0.4, -0.2) is 26.7 Å². The molecule has 5 heteroatoms. The standard InChI is InChI=1S/C16H24N2O3/c1-16(17)7-3-2-5-11(6-4-8-16)12-9-13(19)14(15(20)21)18-10-12/h9-11,19H,2-8,17H2,1H3,(H,20,21). The third kappa shape index (κ3) is 4.17. The molecule has 0 saturated heterocycles. The van der Waals surface area contributed by atoms with E-state index in [-0.39, 0.29) is 17.0 Å². The Morgan fingerprint density at radius 2 is 2.00 bits per heavy atom. The molecule has 1 aromatic rings. The highest BCUT2D eigenvalue weighted by Gasteiger charge is 2.23. The molecule has 4 N–H and O–H groups in total. The lowest BCUT2D eigenvalue weighted by Crippen LogP contribution is -2.35. The zero-order valence-corrected chi connectivity index (χ0v) is 12.5. The summed E-state index contributed by atoms with van der Waals surface area (Å²) in [4.78, 5) is 14.8. The van der Waals surface area contributed by atoms with Crippen LogP contribution in [0.1, 0.15) is 73.8 Å².